The molecule has 6 nitrogen and oxygen atoms in total. The van der Waals surface area contributed by atoms with Crippen molar-refractivity contribution in [2.75, 3.05) is 26.8 Å². The van der Waals surface area contributed by atoms with E-state index in [1.54, 1.807) is 7.11 Å². The zero-order valence-corrected chi connectivity index (χ0v) is 18.0. The van der Waals surface area contributed by atoms with Crippen LogP contribution < -0.4 is 10.1 Å². The van der Waals surface area contributed by atoms with E-state index in [1.165, 1.54) is 11.1 Å². The van der Waals surface area contributed by atoms with Gasteiger partial charge in [0.05, 0.1) is 19.1 Å². The van der Waals surface area contributed by atoms with Crippen molar-refractivity contribution >= 4 is 11.8 Å². The van der Waals surface area contributed by atoms with Gasteiger partial charge in [0.15, 0.2) is 0 Å². The first kappa shape index (κ1) is 21.4. The minimum atomic E-state index is -0.0591. The van der Waals surface area contributed by atoms with E-state index >= 15 is 0 Å². The molecule has 1 aliphatic carbocycles. The van der Waals surface area contributed by atoms with Crippen LogP contribution in [0.1, 0.15) is 53.2 Å². The van der Waals surface area contributed by atoms with E-state index in [4.69, 9.17) is 9.47 Å². The van der Waals surface area contributed by atoms with Gasteiger partial charge in [0.25, 0.3) is 5.91 Å². The molecule has 164 valence electrons. The van der Waals surface area contributed by atoms with E-state index in [2.05, 4.69) is 17.4 Å². The Morgan fingerprint density at radius 3 is 2.52 bits per heavy atom. The van der Waals surface area contributed by atoms with Crippen LogP contribution in [0.15, 0.2) is 48.5 Å². The van der Waals surface area contributed by atoms with Crippen LogP contribution in [0.2, 0.25) is 0 Å². The van der Waals surface area contributed by atoms with Crippen molar-refractivity contribution < 1.29 is 19.1 Å². The molecule has 6 heteroatoms. The normalized spacial score (nSPS) is 18.5. The second-order valence-corrected chi connectivity index (χ2v) is 8.23. The summed E-state index contributed by atoms with van der Waals surface area (Å²) in [5.41, 5.74) is 3.18. The molecule has 2 amide bonds. The lowest BCUT2D eigenvalue weighted by molar-refractivity contribution is -0.133. The summed E-state index contributed by atoms with van der Waals surface area (Å²) < 4.78 is 11.1. The third-order valence-electron chi connectivity index (χ3n) is 6.17. The minimum Gasteiger partial charge on any atom is -0.490 e. The van der Waals surface area contributed by atoms with Crippen LogP contribution in [0.3, 0.4) is 0 Å². The lowest BCUT2D eigenvalue weighted by Crippen LogP contribution is -2.42. The monoisotopic (exact) mass is 422 g/mol. The molecule has 1 N–H and O–H groups in total. The zero-order valence-electron chi connectivity index (χ0n) is 18.0. The molecule has 0 aromatic heterocycles. The molecule has 4 rings (SSSR count). The molecule has 1 saturated heterocycles. The smallest absolute Gasteiger partial charge is 0.251 e. The molecule has 1 aliphatic heterocycles. The van der Waals surface area contributed by atoms with Gasteiger partial charge in [-0.05, 0) is 48.2 Å². The summed E-state index contributed by atoms with van der Waals surface area (Å²) in [7, 11) is 1.61. The van der Waals surface area contributed by atoms with Crippen molar-refractivity contribution in [3.8, 4) is 5.75 Å². The Morgan fingerprint density at radius 2 is 1.77 bits per heavy atom. The van der Waals surface area contributed by atoms with Crippen molar-refractivity contribution in [3.05, 3.63) is 65.2 Å². The van der Waals surface area contributed by atoms with E-state index in [0.717, 1.165) is 31.4 Å². The fourth-order valence-electron chi connectivity index (χ4n) is 4.40. The summed E-state index contributed by atoms with van der Waals surface area (Å²) in [6, 6.07) is 15.7. The van der Waals surface area contributed by atoms with E-state index in [1.807, 2.05) is 41.3 Å². The molecule has 2 aliphatic rings. The molecule has 31 heavy (non-hydrogen) atoms. The van der Waals surface area contributed by atoms with E-state index in [9.17, 15) is 9.59 Å². The second-order valence-electron chi connectivity index (χ2n) is 8.23. The maximum Gasteiger partial charge on any atom is 0.251 e. The Kier molecular flexibility index (Phi) is 6.87. The lowest BCUT2D eigenvalue weighted by atomic mass is 10.1. The van der Waals surface area contributed by atoms with Gasteiger partial charge in [0.2, 0.25) is 5.91 Å². The summed E-state index contributed by atoms with van der Waals surface area (Å²) in [4.78, 5) is 26.7. The third kappa shape index (κ3) is 5.25. The van der Waals surface area contributed by atoms with E-state index in [-0.39, 0.29) is 24.0 Å². The zero-order chi connectivity index (χ0) is 21.6. The average molecular weight is 423 g/mol. The molecular weight excluding hydrogens is 392 g/mol. The van der Waals surface area contributed by atoms with Crippen molar-refractivity contribution in [2.45, 2.75) is 44.2 Å². The molecule has 2 aromatic carbocycles. The highest BCUT2D eigenvalue weighted by molar-refractivity contribution is 5.94. The van der Waals surface area contributed by atoms with Gasteiger partial charge in [-0.15, -0.1) is 0 Å². The predicted molar refractivity (Wildman–Crippen MR) is 118 cm³/mol. The fraction of sp³-hybridized carbons (Fsp3) is 0.440. The predicted octanol–water partition coefficient (Wildman–Crippen LogP) is 3.51. The number of piperidine rings is 1. The Morgan fingerprint density at radius 1 is 1.03 bits per heavy atom. The Hall–Kier alpha value is -2.86. The first-order valence-corrected chi connectivity index (χ1v) is 11.1. The number of nitrogens with one attached hydrogen (secondary N) is 1. The molecule has 0 spiro atoms. The summed E-state index contributed by atoms with van der Waals surface area (Å²) in [6.07, 6.45) is 4.08. The standard InChI is InChI=1S/C25H30N2O4/c1-30-17-14-24(28)27-15-12-21(13-16-27)31-20-9-6-19(7-10-20)25(29)26-23-11-8-18-4-2-3-5-22(18)23/h2-7,9-10,21,23H,8,11-17H2,1H3,(H,26,29). The Labute approximate surface area is 183 Å². The number of likely N-dealkylation sites (tertiary alicyclic amines) is 1. The van der Waals surface area contributed by atoms with Crippen molar-refractivity contribution in [1.29, 1.82) is 0 Å². The summed E-state index contributed by atoms with van der Waals surface area (Å²) in [5, 5.41) is 3.16. The van der Waals surface area contributed by atoms with Crippen molar-refractivity contribution in [1.82, 2.24) is 10.2 Å². The molecule has 1 unspecified atom stereocenters. The van der Waals surface area contributed by atoms with Crippen molar-refractivity contribution in [2.24, 2.45) is 0 Å². The fourth-order valence-corrected chi connectivity index (χ4v) is 4.40. The van der Waals surface area contributed by atoms with E-state index in [0.29, 0.717) is 31.7 Å². The minimum absolute atomic E-state index is 0.0591. The van der Waals surface area contributed by atoms with Gasteiger partial charge in [0, 0.05) is 38.6 Å². The van der Waals surface area contributed by atoms with Gasteiger partial charge >= 0.3 is 0 Å². The number of aryl methyl sites for hydroxylation is 1. The molecule has 0 bridgehead atoms. The largest absolute Gasteiger partial charge is 0.490 e. The Balaban J connectivity index is 1.26. The Bertz CT molecular complexity index is 904. The number of ether oxygens (including phenoxy) is 2. The molecular formula is C25H30N2O4. The van der Waals surface area contributed by atoms with Gasteiger partial charge in [-0.1, -0.05) is 24.3 Å². The number of nitrogens with zero attached hydrogens (tertiary/aromatic N) is 1. The van der Waals surface area contributed by atoms with Crippen LogP contribution in [0.5, 0.6) is 5.75 Å². The maximum atomic E-state index is 12.7. The van der Waals surface area contributed by atoms with Crippen molar-refractivity contribution in [3.63, 3.8) is 0 Å². The van der Waals surface area contributed by atoms with Gasteiger partial charge in [-0.2, -0.15) is 0 Å². The highest BCUT2D eigenvalue weighted by Crippen LogP contribution is 2.31. The highest BCUT2D eigenvalue weighted by atomic mass is 16.5. The second kappa shape index (κ2) is 9.96. The number of amides is 2. The highest BCUT2D eigenvalue weighted by Gasteiger charge is 2.25. The van der Waals surface area contributed by atoms with Gasteiger partial charge in [-0.25, -0.2) is 0 Å². The van der Waals surface area contributed by atoms with Crippen LogP contribution in [-0.2, 0) is 16.0 Å². The maximum absolute atomic E-state index is 12.7. The first-order valence-electron chi connectivity index (χ1n) is 11.1. The van der Waals surface area contributed by atoms with E-state index < -0.39 is 0 Å². The number of carbonyl (C=O) groups is 2. The topological polar surface area (TPSA) is 67.9 Å². The van der Waals surface area contributed by atoms with Gasteiger partial charge < -0.3 is 19.7 Å². The van der Waals surface area contributed by atoms with Gasteiger partial charge in [0.1, 0.15) is 11.9 Å². The molecule has 2 aromatic rings. The van der Waals surface area contributed by atoms with Gasteiger partial charge in [-0.3, -0.25) is 9.59 Å². The molecule has 1 heterocycles. The first-order chi connectivity index (χ1) is 15.1. The third-order valence-corrected chi connectivity index (χ3v) is 6.17. The summed E-state index contributed by atoms with van der Waals surface area (Å²) in [6.45, 7) is 1.87. The lowest BCUT2D eigenvalue weighted by Gasteiger charge is -2.32. The van der Waals surface area contributed by atoms with Crippen LogP contribution >= 0.6 is 0 Å². The SMILES string of the molecule is COCCC(=O)N1CCC(Oc2ccc(C(=O)NC3CCc4ccccc43)cc2)CC1. The number of fused-ring (bicyclic) bond motifs is 1. The molecule has 0 radical (unpaired) electrons. The van der Waals surface area contributed by atoms with Crippen LogP contribution in [0, 0.1) is 0 Å². The molecule has 0 saturated carbocycles. The number of rotatable bonds is 7. The van der Waals surface area contributed by atoms with Crippen LogP contribution in [-0.4, -0.2) is 49.6 Å². The number of carbonyl (C=O) groups excluding carboxylic acids is 2. The van der Waals surface area contributed by atoms with Crippen LogP contribution in [0.25, 0.3) is 0 Å². The molecule has 1 fully saturated rings. The quantitative estimate of drug-likeness (QED) is 0.742. The number of hydrogen-bond donors (Lipinski definition) is 1. The summed E-state index contributed by atoms with van der Waals surface area (Å²) >= 11 is 0. The average Bonchev–Trinajstić information content (AvgIpc) is 3.21. The number of hydrogen-bond acceptors (Lipinski definition) is 4. The number of benzene rings is 2. The summed E-state index contributed by atoms with van der Waals surface area (Å²) in [5.74, 6) is 0.837. The van der Waals surface area contributed by atoms with Crippen LogP contribution in [0.4, 0.5) is 0 Å². The number of methoxy groups -OCH3 is 1. The molecule has 1 atom stereocenters.